The van der Waals surface area contributed by atoms with E-state index in [4.69, 9.17) is 5.26 Å². The van der Waals surface area contributed by atoms with Crippen molar-refractivity contribution in [1.82, 2.24) is 9.78 Å². The second-order valence-corrected chi connectivity index (χ2v) is 6.03. The number of anilines is 1. The van der Waals surface area contributed by atoms with Gasteiger partial charge in [-0.2, -0.15) is 15.0 Å². The molecule has 27 heavy (non-hydrogen) atoms. The van der Waals surface area contributed by atoms with Crippen molar-refractivity contribution in [3.8, 4) is 22.9 Å². The molecule has 0 radical (unpaired) electrons. The Bertz CT molecular complexity index is 1090. The number of rotatable bonds is 4. The van der Waals surface area contributed by atoms with Gasteiger partial charge in [0.1, 0.15) is 0 Å². The van der Waals surface area contributed by atoms with Crippen molar-refractivity contribution in [3.05, 3.63) is 76.2 Å². The first-order valence-corrected chi connectivity index (χ1v) is 8.53. The number of nitriles is 1. The van der Waals surface area contributed by atoms with Crippen molar-refractivity contribution in [2.45, 2.75) is 20.3 Å². The number of carbonyl (C=O) groups is 1. The molecule has 1 aromatic heterocycles. The molecule has 0 aliphatic carbocycles. The highest BCUT2D eigenvalue weighted by atomic mass is 16.1. The number of carbonyl (C=O) groups excluding carboxylic acids is 1. The Morgan fingerprint density at radius 2 is 1.93 bits per heavy atom. The number of nitrogens with zero attached hydrogens (tertiary/aromatic N) is 3. The van der Waals surface area contributed by atoms with Gasteiger partial charge < -0.3 is 5.32 Å². The van der Waals surface area contributed by atoms with Gasteiger partial charge in [-0.1, -0.05) is 19.1 Å². The Morgan fingerprint density at radius 1 is 1.19 bits per heavy atom. The average molecular weight is 358 g/mol. The van der Waals surface area contributed by atoms with Crippen molar-refractivity contribution in [3.63, 3.8) is 0 Å². The Balaban J connectivity index is 2.00. The molecule has 0 bridgehead atoms. The van der Waals surface area contributed by atoms with Crippen molar-refractivity contribution < 1.29 is 4.79 Å². The van der Waals surface area contributed by atoms with Crippen LogP contribution >= 0.6 is 0 Å². The van der Waals surface area contributed by atoms with E-state index in [0.29, 0.717) is 34.6 Å². The number of amides is 1. The molecule has 1 N–H and O–H groups in total. The third-order valence-electron chi connectivity index (χ3n) is 4.14. The largest absolute Gasteiger partial charge is 0.326 e. The van der Waals surface area contributed by atoms with E-state index in [0.717, 1.165) is 5.56 Å². The maximum Gasteiger partial charge on any atom is 0.272 e. The standard InChI is InChI=1S/C21H18N4O2/c1-3-20(26)23-17-6-4-5-16(11-17)19-12-21(27)25(24-14(19)2)18-9-7-15(13-22)8-10-18/h4-12H,3H2,1-2H3,(H,23,26). The SMILES string of the molecule is CCC(=O)Nc1cccc(-c2cc(=O)n(-c3ccc(C#N)cc3)nc2C)c1. The topological polar surface area (TPSA) is 87.8 Å². The van der Waals surface area contributed by atoms with Crippen LogP contribution in [0.5, 0.6) is 0 Å². The lowest BCUT2D eigenvalue weighted by Gasteiger charge is -2.11. The number of hydrogen-bond acceptors (Lipinski definition) is 4. The van der Waals surface area contributed by atoms with E-state index in [1.165, 1.54) is 10.7 Å². The molecule has 6 heteroatoms. The zero-order chi connectivity index (χ0) is 19.4. The summed E-state index contributed by atoms with van der Waals surface area (Å²) in [6.45, 7) is 3.61. The first kappa shape index (κ1) is 18.1. The molecule has 0 spiro atoms. The highest BCUT2D eigenvalue weighted by molar-refractivity contribution is 5.91. The van der Waals surface area contributed by atoms with Gasteiger partial charge in [-0.05, 0) is 48.9 Å². The lowest BCUT2D eigenvalue weighted by Crippen LogP contribution is -2.21. The molecule has 0 aliphatic rings. The molecule has 1 amide bonds. The van der Waals surface area contributed by atoms with Crippen LogP contribution in [0.15, 0.2) is 59.4 Å². The van der Waals surface area contributed by atoms with E-state index in [1.54, 1.807) is 37.3 Å². The van der Waals surface area contributed by atoms with Gasteiger partial charge in [0.15, 0.2) is 0 Å². The highest BCUT2D eigenvalue weighted by Gasteiger charge is 2.10. The van der Waals surface area contributed by atoms with Gasteiger partial charge in [0, 0.05) is 23.7 Å². The van der Waals surface area contributed by atoms with Crippen LogP contribution in [0.1, 0.15) is 24.6 Å². The Morgan fingerprint density at radius 3 is 2.59 bits per heavy atom. The molecule has 3 aromatic rings. The quantitative estimate of drug-likeness (QED) is 0.774. The van der Waals surface area contributed by atoms with Crippen molar-refractivity contribution in [1.29, 1.82) is 5.26 Å². The van der Waals surface area contributed by atoms with Crippen LogP contribution in [-0.4, -0.2) is 15.7 Å². The van der Waals surface area contributed by atoms with Crippen molar-refractivity contribution in [2.24, 2.45) is 0 Å². The molecule has 6 nitrogen and oxygen atoms in total. The maximum absolute atomic E-state index is 12.6. The molecule has 3 rings (SSSR count). The monoisotopic (exact) mass is 358 g/mol. The molecule has 0 saturated carbocycles. The molecule has 0 unspecified atom stereocenters. The van der Waals surface area contributed by atoms with Gasteiger partial charge in [0.25, 0.3) is 5.56 Å². The molecule has 0 atom stereocenters. The van der Waals surface area contributed by atoms with Crippen LogP contribution < -0.4 is 10.9 Å². The van der Waals surface area contributed by atoms with Crippen LogP contribution in [0.25, 0.3) is 16.8 Å². The molecule has 134 valence electrons. The minimum Gasteiger partial charge on any atom is -0.326 e. The van der Waals surface area contributed by atoms with Gasteiger partial charge in [-0.15, -0.1) is 0 Å². The van der Waals surface area contributed by atoms with Gasteiger partial charge >= 0.3 is 0 Å². The smallest absolute Gasteiger partial charge is 0.272 e. The Labute approximate surface area is 156 Å². The summed E-state index contributed by atoms with van der Waals surface area (Å²) in [5.41, 5.74) is 3.70. The van der Waals surface area contributed by atoms with Crippen LogP contribution in [0.3, 0.4) is 0 Å². The van der Waals surface area contributed by atoms with Gasteiger partial charge in [0.2, 0.25) is 5.91 Å². The zero-order valence-corrected chi connectivity index (χ0v) is 15.1. The molecule has 0 saturated heterocycles. The fraction of sp³-hybridized carbons (Fsp3) is 0.143. The zero-order valence-electron chi connectivity index (χ0n) is 15.1. The summed E-state index contributed by atoms with van der Waals surface area (Å²) in [7, 11) is 0. The molecular formula is C21H18N4O2. The number of aryl methyl sites for hydroxylation is 1. The summed E-state index contributed by atoms with van der Waals surface area (Å²) in [4.78, 5) is 24.2. The number of nitrogens with one attached hydrogen (secondary N) is 1. The summed E-state index contributed by atoms with van der Waals surface area (Å²) < 4.78 is 1.31. The third kappa shape index (κ3) is 3.93. The van der Waals surface area contributed by atoms with Crippen molar-refractivity contribution >= 4 is 11.6 Å². The molecule has 2 aromatic carbocycles. The van der Waals surface area contributed by atoms with E-state index in [-0.39, 0.29) is 11.5 Å². The van der Waals surface area contributed by atoms with E-state index >= 15 is 0 Å². The second kappa shape index (κ2) is 7.67. The minimum absolute atomic E-state index is 0.0711. The molecular weight excluding hydrogens is 340 g/mol. The molecule has 1 heterocycles. The lowest BCUT2D eigenvalue weighted by atomic mass is 10.0. The van der Waals surface area contributed by atoms with Crippen LogP contribution in [0.2, 0.25) is 0 Å². The fourth-order valence-electron chi connectivity index (χ4n) is 2.71. The Hall–Kier alpha value is -3.72. The van der Waals surface area contributed by atoms with E-state index < -0.39 is 0 Å². The normalized spacial score (nSPS) is 10.3. The highest BCUT2D eigenvalue weighted by Crippen LogP contribution is 2.24. The van der Waals surface area contributed by atoms with Crippen LogP contribution in [0.4, 0.5) is 5.69 Å². The summed E-state index contributed by atoms with van der Waals surface area (Å²) in [6.07, 6.45) is 0.394. The summed E-state index contributed by atoms with van der Waals surface area (Å²) in [5.74, 6) is -0.0711. The summed E-state index contributed by atoms with van der Waals surface area (Å²) >= 11 is 0. The number of aromatic nitrogens is 2. The minimum atomic E-state index is -0.275. The fourth-order valence-corrected chi connectivity index (χ4v) is 2.71. The van der Waals surface area contributed by atoms with Crippen LogP contribution in [-0.2, 0) is 4.79 Å². The number of benzene rings is 2. The predicted molar refractivity (Wildman–Crippen MR) is 104 cm³/mol. The average Bonchev–Trinajstić information content (AvgIpc) is 2.69. The van der Waals surface area contributed by atoms with Crippen molar-refractivity contribution in [2.75, 3.05) is 5.32 Å². The van der Waals surface area contributed by atoms with E-state index in [2.05, 4.69) is 10.4 Å². The lowest BCUT2D eigenvalue weighted by molar-refractivity contribution is -0.115. The molecule has 0 aliphatic heterocycles. The first-order chi connectivity index (χ1) is 13.0. The van der Waals surface area contributed by atoms with E-state index in [9.17, 15) is 9.59 Å². The number of hydrogen-bond donors (Lipinski definition) is 1. The van der Waals surface area contributed by atoms with Gasteiger partial charge in [-0.25, -0.2) is 0 Å². The predicted octanol–water partition coefficient (Wildman–Crippen LogP) is 3.43. The van der Waals surface area contributed by atoms with E-state index in [1.807, 2.05) is 31.2 Å². The Kier molecular flexibility index (Phi) is 5.13. The summed E-state index contributed by atoms with van der Waals surface area (Å²) in [6, 6.07) is 17.6. The second-order valence-electron chi connectivity index (χ2n) is 6.03. The van der Waals surface area contributed by atoms with Gasteiger partial charge in [0.05, 0.1) is 23.0 Å². The summed E-state index contributed by atoms with van der Waals surface area (Å²) in [5, 5.41) is 16.1. The first-order valence-electron chi connectivity index (χ1n) is 8.53. The molecule has 0 fully saturated rings. The van der Waals surface area contributed by atoms with Crippen LogP contribution in [0, 0.1) is 18.3 Å². The third-order valence-corrected chi connectivity index (χ3v) is 4.14. The maximum atomic E-state index is 12.6. The van der Waals surface area contributed by atoms with Gasteiger partial charge in [-0.3, -0.25) is 9.59 Å².